The normalized spacial score (nSPS) is 12.2. The van der Waals surface area contributed by atoms with E-state index in [2.05, 4.69) is 20.9 Å². The lowest BCUT2D eigenvalue weighted by atomic mass is 10.0. The minimum atomic E-state index is -0.138. The number of nitrogens with one attached hydrogen (secondary N) is 3. The molecule has 0 heterocycles. The second kappa shape index (κ2) is 11.6. The number of rotatable bonds is 9. The van der Waals surface area contributed by atoms with Gasteiger partial charge < -0.3 is 25.8 Å². The Kier molecular flexibility index (Phi) is 8.81. The van der Waals surface area contributed by atoms with E-state index in [1.54, 1.807) is 14.2 Å². The van der Waals surface area contributed by atoms with Crippen molar-refractivity contribution in [2.45, 2.75) is 12.5 Å². The molecular formula is C21H28N4O3. The van der Waals surface area contributed by atoms with Crippen molar-refractivity contribution < 1.29 is 14.6 Å². The number of ether oxygens (including phenoxy) is 1. The Morgan fingerprint density at radius 3 is 2.39 bits per heavy atom. The molecule has 28 heavy (non-hydrogen) atoms. The molecule has 0 saturated carbocycles. The highest BCUT2D eigenvalue weighted by molar-refractivity contribution is 5.86. The largest absolute Gasteiger partial charge is 0.497 e. The summed E-state index contributed by atoms with van der Waals surface area (Å²) in [6.45, 7) is 1.08. The van der Waals surface area contributed by atoms with Gasteiger partial charge in [-0.25, -0.2) is 0 Å². The maximum atomic E-state index is 12.1. The number of aliphatic imine (C=N–C) groups is 1. The molecule has 0 radical (unpaired) electrons. The number of methoxy groups -OCH3 is 1. The summed E-state index contributed by atoms with van der Waals surface area (Å²) in [5.74, 6) is 1.10. The Morgan fingerprint density at radius 1 is 1.07 bits per heavy atom. The van der Waals surface area contributed by atoms with E-state index < -0.39 is 0 Å². The van der Waals surface area contributed by atoms with Crippen molar-refractivity contribution in [3.8, 4) is 5.75 Å². The summed E-state index contributed by atoms with van der Waals surface area (Å²) in [5.41, 5.74) is 2.04. The molecular weight excluding hydrogens is 356 g/mol. The molecule has 2 aromatic rings. The van der Waals surface area contributed by atoms with Gasteiger partial charge in [-0.2, -0.15) is 0 Å². The fourth-order valence-corrected chi connectivity index (χ4v) is 2.62. The molecule has 0 aliphatic rings. The lowest BCUT2D eigenvalue weighted by Crippen LogP contribution is -2.44. The molecule has 150 valence electrons. The van der Waals surface area contributed by atoms with Crippen LogP contribution in [-0.4, -0.2) is 50.8 Å². The number of nitrogens with zero attached hydrogens (tertiary/aromatic N) is 1. The highest BCUT2D eigenvalue weighted by Crippen LogP contribution is 2.13. The predicted octanol–water partition coefficient (Wildman–Crippen LogP) is 1.25. The number of carbonyl (C=O) groups excluding carboxylic acids is 1. The molecule has 0 aromatic heterocycles. The van der Waals surface area contributed by atoms with Crippen molar-refractivity contribution in [2.24, 2.45) is 4.99 Å². The average Bonchev–Trinajstić information content (AvgIpc) is 2.75. The van der Waals surface area contributed by atoms with Crippen LogP contribution in [0.15, 0.2) is 59.6 Å². The maximum absolute atomic E-state index is 12.1. The van der Waals surface area contributed by atoms with Crippen molar-refractivity contribution in [3.63, 3.8) is 0 Å². The van der Waals surface area contributed by atoms with E-state index in [0.717, 1.165) is 16.9 Å². The van der Waals surface area contributed by atoms with Crippen LogP contribution in [0, 0.1) is 0 Å². The van der Waals surface area contributed by atoms with Crippen LogP contribution in [0.25, 0.3) is 0 Å². The second-order valence-electron chi connectivity index (χ2n) is 6.22. The quantitative estimate of drug-likeness (QED) is 0.386. The van der Waals surface area contributed by atoms with Crippen molar-refractivity contribution in [3.05, 3.63) is 65.7 Å². The standard InChI is InChI=1S/C21H28N4O3/c1-22-21(24-13-18(15-26)17-6-4-3-5-7-17)25-14-20(27)23-12-16-8-10-19(28-2)11-9-16/h3-11,18,26H,12-15H2,1-2H3,(H,23,27)(H2,22,24,25). The molecule has 1 unspecified atom stereocenters. The maximum Gasteiger partial charge on any atom is 0.239 e. The molecule has 2 aromatic carbocycles. The first-order chi connectivity index (χ1) is 13.7. The molecule has 0 spiro atoms. The van der Waals surface area contributed by atoms with E-state index in [1.807, 2.05) is 54.6 Å². The summed E-state index contributed by atoms with van der Waals surface area (Å²) in [4.78, 5) is 16.2. The zero-order valence-electron chi connectivity index (χ0n) is 16.3. The minimum Gasteiger partial charge on any atom is -0.497 e. The number of benzene rings is 2. The first-order valence-electron chi connectivity index (χ1n) is 9.16. The van der Waals surface area contributed by atoms with Crippen LogP contribution in [0.3, 0.4) is 0 Å². The van der Waals surface area contributed by atoms with E-state index in [9.17, 15) is 9.90 Å². The summed E-state index contributed by atoms with van der Waals surface area (Å²) in [5, 5.41) is 18.6. The molecule has 0 aliphatic heterocycles. The van der Waals surface area contributed by atoms with Gasteiger partial charge in [0.05, 0.1) is 20.3 Å². The van der Waals surface area contributed by atoms with Crippen molar-refractivity contribution in [1.82, 2.24) is 16.0 Å². The van der Waals surface area contributed by atoms with Gasteiger partial charge in [-0.15, -0.1) is 0 Å². The van der Waals surface area contributed by atoms with Gasteiger partial charge in [0, 0.05) is 26.1 Å². The van der Waals surface area contributed by atoms with E-state index in [0.29, 0.717) is 19.0 Å². The second-order valence-corrected chi connectivity index (χ2v) is 6.22. The number of amides is 1. The topological polar surface area (TPSA) is 95.0 Å². The molecule has 2 rings (SSSR count). The van der Waals surface area contributed by atoms with Gasteiger partial charge in [0.2, 0.25) is 5.91 Å². The summed E-state index contributed by atoms with van der Waals surface area (Å²) >= 11 is 0. The molecule has 0 saturated heterocycles. The van der Waals surface area contributed by atoms with Crippen LogP contribution in [-0.2, 0) is 11.3 Å². The zero-order valence-corrected chi connectivity index (χ0v) is 16.3. The third-order valence-electron chi connectivity index (χ3n) is 4.30. The summed E-state index contributed by atoms with van der Waals surface area (Å²) in [6.07, 6.45) is 0. The van der Waals surface area contributed by atoms with Crippen LogP contribution in [0.5, 0.6) is 5.75 Å². The van der Waals surface area contributed by atoms with Crippen molar-refractivity contribution >= 4 is 11.9 Å². The monoisotopic (exact) mass is 384 g/mol. The van der Waals surface area contributed by atoms with Crippen LogP contribution < -0.4 is 20.7 Å². The van der Waals surface area contributed by atoms with Gasteiger partial charge in [0.25, 0.3) is 0 Å². The van der Waals surface area contributed by atoms with Gasteiger partial charge >= 0.3 is 0 Å². The number of aliphatic hydroxyl groups is 1. The number of aliphatic hydroxyl groups excluding tert-OH is 1. The molecule has 1 amide bonds. The van der Waals surface area contributed by atoms with Crippen molar-refractivity contribution in [1.29, 1.82) is 0 Å². The number of guanidine groups is 1. The van der Waals surface area contributed by atoms with Gasteiger partial charge in [-0.1, -0.05) is 42.5 Å². The molecule has 7 heteroatoms. The molecule has 1 atom stereocenters. The highest BCUT2D eigenvalue weighted by Gasteiger charge is 2.11. The first-order valence-corrected chi connectivity index (χ1v) is 9.16. The fourth-order valence-electron chi connectivity index (χ4n) is 2.62. The Labute approximate surface area is 165 Å². The fraction of sp³-hybridized carbons (Fsp3) is 0.333. The lowest BCUT2D eigenvalue weighted by Gasteiger charge is -2.18. The molecule has 7 nitrogen and oxygen atoms in total. The van der Waals surface area contributed by atoms with Gasteiger partial charge in [-0.3, -0.25) is 9.79 Å². The predicted molar refractivity (Wildman–Crippen MR) is 110 cm³/mol. The van der Waals surface area contributed by atoms with Crippen LogP contribution >= 0.6 is 0 Å². The smallest absolute Gasteiger partial charge is 0.239 e. The lowest BCUT2D eigenvalue weighted by molar-refractivity contribution is -0.120. The van der Waals surface area contributed by atoms with E-state index in [4.69, 9.17) is 4.74 Å². The summed E-state index contributed by atoms with van der Waals surface area (Å²) in [6, 6.07) is 17.3. The third-order valence-corrected chi connectivity index (χ3v) is 4.30. The number of hydrogen-bond acceptors (Lipinski definition) is 4. The Balaban J connectivity index is 1.74. The molecule has 4 N–H and O–H groups in total. The molecule has 0 fully saturated rings. The average molecular weight is 384 g/mol. The van der Waals surface area contributed by atoms with Gasteiger partial charge in [0.1, 0.15) is 5.75 Å². The van der Waals surface area contributed by atoms with E-state index in [1.165, 1.54) is 0 Å². The Bertz CT molecular complexity index is 748. The number of carbonyl (C=O) groups is 1. The molecule has 0 aliphatic carbocycles. The Morgan fingerprint density at radius 2 is 1.79 bits per heavy atom. The van der Waals surface area contributed by atoms with Gasteiger partial charge in [-0.05, 0) is 23.3 Å². The summed E-state index contributed by atoms with van der Waals surface area (Å²) in [7, 11) is 3.26. The van der Waals surface area contributed by atoms with E-state index in [-0.39, 0.29) is 25.0 Å². The minimum absolute atomic E-state index is 0.0242. The SMILES string of the molecule is CN=C(NCC(=O)NCc1ccc(OC)cc1)NCC(CO)c1ccccc1. The summed E-state index contributed by atoms with van der Waals surface area (Å²) < 4.78 is 5.11. The third kappa shape index (κ3) is 6.92. The Hall–Kier alpha value is -3.06. The number of hydrogen-bond donors (Lipinski definition) is 4. The first kappa shape index (κ1) is 21.2. The van der Waals surface area contributed by atoms with Crippen LogP contribution in [0.1, 0.15) is 17.0 Å². The zero-order chi connectivity index (χ0) is 20.2. The van der Waals surface area contributed by atoms with Crippen LogP contribution in [0.2, 0.25) is 0 Å². The van der Waals surface area contributed by atoms with Crippen molar-refractivity contribution in [2.75, 3.05) is 33.9 Å². The van der Waals surface area contributed by atoms with Gasteiger partial charge in [0.15, 0.2) is 5.96 Å². The van der Waals surface area contributed by atoms with E-state index >= 15 is 0 Å². The highest BCUT2D eigenvalue weighted by atomic mass is 16.5. The van der Waals surface area contributed by atoms with Crippen LogP contribution in [0.4, 0.5) is 0 Å². The molecule has 0 bridgehead atoms.